The van der Waals surface area contributed by atoms with Crippen LogP contribution in [0.15, 0.2) is 17.3 Å². The molecule has 1 aliphatic carbocycles. The van der Waals surface area contributed by atoms with Gasteiger partial charge in [-0.3, -0.25) is 4.68 Å². The molecule has 1 saturated carbocycles. The molecule has 0 unspecified atom stereocenters. The molecule has 1 aliphatic rings. The van der Waals surface area contributed by atoms with Gasteiger partial charge in [0.05, 0.1) is 11.4 Å². The van der Waals surface area contributed by atoms with Crippen molar-refractivity contribution in [2.45, 2.75) is 29.4 Å². The highest BCUT2D eigenvalue weighted by Gasteiger charge is 2.40. The van der Waals surface area contributed by atoms with Crippen molar-refractivity contribution in [2.75, 3.05) is 17.6 Å². The molecule has 7 nitrogen and oxygen atoms in total. The number of anilines is 2. The average Bonchev–Trinajstić information content (AvgIpc) is 3.12. The van der Waals surface area contributed by atoms with Gasteiger partial charge in [0.2, 0.25) is 0 Å². The number of nitrogen functional groups attached to an aromatic ring is 1. The second-order valence-corrected chi connectivity index (χ2v) is 8.11. The lowest BCUT2D eigenvalue weighted by molar-refractivity contribution is 0.595. The van der Waals surface area contributed by atoms with E-state index < -0.39 is 9.84 Å². The van der Waals surface area contributed by atoms with Crippen LogP contribution in [0, 0.1) is 0 Å². The third-order valence-electron chi connectivity index (χ3n) is 3.38. The molecule has 0 aliphatic heterocycles. The molecule has 2 heterocycles. The third kappa shape index (κ3) is 2.88. The molecule has 0 saturated heterocycles. The Morgan fingerprint density at radius 3 is 2.90 bits per heavy atom. The summed E-state index contributed by atoms with van der Waals surface area (Å²) in [5, 5.41) is 7.50. The minimum Gasteiger partial charge on any atom is -0.382 e. The standard InChI is InChI=1S/C12H17N5O2S2/c1-17-7-8(6-15-17)4-5-14-12-10(11(13)16-20-12)21(18,19)9-2-3-9/h6-7,9,14H,2-5H2,1H3,(H2,13,16). The van der Waals surface area contributed by atoms with E-state index in [1.54, 1.807) is 10.9 Å². The maximum Gasteiger partial charge on any atom is 0.187 e. The van der Waals surface area contributed by atoms with Crippen molar-refractivity contribution in [3.63, 3.8) is 0 Å². The quantitative estimate of drug-likeness (QED) is 0.822. The van der Waals surface area contributed by atoms with Crippen LogP contribution in [0.4, 0.5) is 10.8 Å². The van der Waals surface area contributed by atoms with Crippen molar-refractivity contribution < 1.29 is 8.42 Å². The Hall–Kier alpha value is -1.61. The molecule has 114 valence electrons. The zero-order valence-electron chi connectivity index (χ0n) is 11.6. The fourth-order valence-electron chi connectivity index (χ4n) is 2.15. The first kappa shape index (κ1) is 14.3. The molecule has 0 radical (unpaired) electrons. The smallest absolute Gasteiger partial charge is 0.187 e. The fraction of sp³-hybridized carbons (Fsp3) is 0.500. The van der Waals surface area contributed by atoms with E-state index in [4.69, 9.17) is 5.73 Å². The summed E-state index contributed by atoms with van der Waals surface area (Å²) in [6, 6.07) is 0. The van der Waals surface area contributed by atoms with E-state index >= 15 is 0 Å². The molecular weight excluding hydrogens is 310 g/mol. The van der Waals surface area contributed by atoms with Gasteiger partial charge in [0.25, 0.3) is 0 Å². The van der Waals surface area contributed by atoms with Gasteiger partial charge in [-0.15, -0.1) is 0 Å². The molecule has 2 aromatic rings. The predicted octanol–water partition coefficient (Wildman–Crippen LogP) is 1.05. The number of aryl methyl sites for hydroxylation is 1. The molecule has 21 heavy (non-hydrogen) atoms. The number of hydrogen-bond donors (Lipinski definition) is 2. The summed E-state index contributed by atoms with van der Waals surface area (Å²) in [7, 11) is -1.47. The number of nitrogens with two attached hydrogens (primary N) is 1. The molecular formula is C12H17N5O2S2. The molecule has 9 heteroatoms. The Balaban J connectivity index is 1.71. The minimum atomic E-state index is -3.33. The van der Waals surface area contributed by atoms with Gasteiger partial charge in [-0.05, 0) is 36.4 Å². The monoisotopic (exact) mass is 327 g/mol. The highest BCUT2D eigenvalue weighted by Crippen LogP contribution is 2.40. The van der Waals surface area contributed by atoms with E-state index in [1.165, 1.54) is 0 Å². The van der Waals surface area contributed by atoms with Crippen molar-refractivity contribution in [1.82, 2.24) is 14.2 Å². The molecule has 0 spiro atoms. The van der Waals surface area contributed by atoms with Crippen LogP contribution >= 0.6 is 11.5 Å². The second kappa shape index (κ2) is 5.30. The second-order valence-electron chi connectivity index (χ2n) is 5.17. The number of sulfone groups is 1. The van der Waals surface area contributed by atoms with E-state index in [-0.39, 0.29) is 16.0 Å². The normalized spacial score (nSPS) is 15.3. The van der Waals surface area contributed by atoms with E-state index in [0.717, 1.165) is 23.5 Å². The molecule has 0 amide bonds. The van der Waals surface area contributed by atoms with Gasteiger partial charge >= 0.3 is 0 Å². The predicted molar refractivity (Wildman–Crippen MR) is 82.1 cm³/mol. The number of rotatable bonds is 6. The summed E-state index contributed by atoms with van der Waals surface area (Å²) in [5.41, 5.74) is 6.84. The molecule has 3 rings (SSSR count). The Morgan fingerprint density at radius 2 is 2.29 bits per heavy atom. The minimum absolute atomic E-state index is 0.107. The lowest BCUT2D eigenvalue weighted by Crippen LogP contribution is -2.12. The van der Waals surface area contributed by atoms with Crippen LogP contribution in [0.25, 0.3) is 0 Å². The Morgan fingerprint density at radius 1 is 1.52 bits per heavy atom. The maximum atomic E-state index is 12.4. The number of aromatic nitrogens is 3. The molecule has 0 bridgehead atoms. The van der Waals surface area contributed by atoms with Crippen molar-refractivity contribution >= 4 is 32.2 Å². The highest BCUT2D eigenvalue weighted by atomic mass is 32.2. The summed E-state index contributed by atoms with van der Waals surface area (Å²) in [4.78, 5) is 0.182. The third-order valence-corrected chi connectivity index (χ3v) is 6.66. The van der Waals surface area contributed by atoms with Gasteiger partial charge < -0.3 is 11.1 Å². The van der Waals surface area contributed by atoms with E-state index in [1.807, 2.05) is 13.2 Å². The van der Waals surface area contributed by atoms with E-state index in [0.29, 0.717) is 24.4 Å². The average molecular weight is 327 g/mol. The summed E-state index contributed by atoms with van der Waals surface area (Å²) in [5.74, 6) is 0.107. The lowest BCUT2D eigenvalue weighted by Gasteiger charge is -2.07. The van der Waals surface area contributed by atoms with Crippen LogP contribution < -0.4 is 11.1 Å². The van der Waals surface area contributed by atoms with Crippen molar-refractivity contribution in [1.29, 1.82) is 0 Å². The first-order valence-corrected chi connectivity index (χ1v) is 9.01. The summed E-state index contributed by atoms with van der Waals surface area (Å²) in [6.45, 7) is 0.612. The van der Waals surface area contributed by atoms with Crippen LogP contribution in [0.2, 0.25) is 0 Å². The largest absolute Gasteiger partial charge is 0.382 e. The molecule has 1 fully saturated rings. The molecule has 3 N–H and O–H groups in total. The van der Waals surface area contributed by atoms with Gasteiger partial charge in [-0.1, -0.05) is 0 Å². The Kier molecular flexibility index (Phi) is 3.62. The summed E-state index contributed by atoms with van der Waals surface area (Å²) < 4.78 is 30.5. The summed E-state index contributed by atoms with van der Waals surface area (Å²) >= 11 is 1.10. The number of nitrogens with one attached hydrogen (secondary N) is 1. The first-order valence-electron chi connectivity index (χ1n) is 6.69. The molecule has 0 aromatic carbocycles. The number of nitrogens with zero attached hydrogens (tertiary/aromatic N) is 3. The number of hydrogen-bond acceptors (Lipinski definition) is 7. The molecule has 0 atom stereocenters. The SMILES string of the molecule is Cn1cc(CCNc2snc(N)c2S(=O)(=O)C2CC2)cn1. The summed E-state index contributed by atoms with van der Waals surface area (Å²) in [6.07, 6.45) is 5.92. The fourth-order valence-corrected chi connectivity index (χ4v) is 5.06. The van der Waals surface area contributed by atoms with Gasteiger partial charge in [-0.2, -0.15) is 9.47 Å². The Labute approximate surface area is 127 Å². The van der Waals surface area contributed by atoms with Gasteiger partial charge in [0.15, 0.2) is 15.7 Å². The van der Waals surface area contributed by atoms with Crippen molar-refractivity contribution in [3.8, 4) is 0 Å². The zero-order valence-corrected chi connectivity index (χ0v) is 13.2. The topological polar surface area (TPSA) is 103 Å². The van der Waals surface area contributed by atoms with E-state index in [2.05, 4.69) is 14.8 Å². The van der Waals surface area contributed by atoms with Crippen LogP contribution in [0.3, 0.4) is 0 Å². The first-order chi connectivity index (χ1) is 9.98. The van der Waals surface area contributed by atoms with Gasteiger partial charge in [0, 0.05) is 19.8 Å². The van der Waals surface area contributed by atoms with Crippen LogP contribution in [-0.4, -0.2) is 34.4 Å². The Bertz CT molecular complexity index is 746. The zero-order chi connectivity index (χ0) is 15.0. The van der Waals surface area contributed by atoms with Crippen LogP contribution in [0.5, 0.6) is 0 Å². The van der Waals surface area contributed by atoms with Crippen molar-refractivity contribution in [3.05, 3.63) is 18.0 Å². The van der Waals surface area contributed by atoms with Gasteiger partial charge in [0.1, 0.15) is 9.90 Å². The highest BCUT2D eigenvalue weighted by molar-refractivity contribution is 7.92. The van der Waals surface area contributed by atoms with E-state index in [9.17, 15) is 8.42 Å². The van der Waals surface area contributed by atoms with Gasteiger partial charge in [-0.25, -0.2) is 8.42 Å². The van der Waals surface area contributed by atoms with Crippen molar-refractivity contribution in [2.24, 2.45) is 7.05 Å². The van der Waals surface area contributed by atoms with Crippen LogP contribution in [-0.2, 0) is 23.3 Å². The molecule has 2 aromatic heterocycles. The lowest BCUT2D eigenvalue weighted by atomic mass is 10.2. The maximum absolute atomic E-state index is 12.4. The van der Waals surface area contributed by atoms with Crippen LogP contribution in [0.1, 0.15) is 18.4 Å².